The number of aromatic hydroxyl groups is 1. The zero-order valence-electron chi connectivity index (χ0n) is 12.2. The van der Waals surface area contributed by atoms with Gasteiger partial charge in [0.05, 0.1) is 5.69 Å². The Morgan fingerprint density at radius 1 is 1.35 bits per heavy atom. The average Bonchev–Trinajstić information content (AvgIpc) is 3.27. The van der Waals surface area contributed by atoms with E-state index in [9.17, 15) is 5.11 Å². The minimum Gasteiger partial charge on any atom is -0.505 e. The Morgan fingerprint density at radius 3 is 2.70 bits per heavy atom. The van der Waals surface area contributed by atoms with Gasteiger partial charge in [-0.3, -0.25) is 4.90 Å². The molecule has 4 N–H and O–H groups in total. The Hall–Kier alpha value is -1.26. The normalized spacial score (nSPS) is 21.9. The first-order valence-corrected chi connectivity index (χ1v) is 7.69. The van der Waals surface area contributed by atoms with Gasteiger partial charge in [-0.25, -0.2) is 0 Å². The van der Waals surface area contributed by atoms with Crippen molar-refractivity contribution >= 4 is 5.69 Å². The van der Waals surface area contributed by atoms with Crippen LogP contribution in [0, 0.1) is 12.8 Å². The van der Waals surface area contributed by atoms with Crippen molar-refractivity contribution in [2.24, 2.45) is 5.92 Å². The minimum atomic E-state index is 0.300. The summed E-state index contributed by atoms with van der Waals surface area (Å²) in [5.41, 5.74) is 8.63. The molecule has 0 aromatic heterocycles. The smallest absolute Gasteiger partial charge is 0.143 e. The van der Waals surface area contributed by atoms with Crippen molar-refractivity contribution in [2.45, 2.75) is 32.2 Å². The summed E-state index contributed by atoms with van der Waals surface area (Å²) in [6.07, 6.45) is 3.83. The fourth-order valence-electron chi connectivity index (χ4n) is 3.26. The van der Waals surface area contributed by atoms with E-state index in [0.717, 1.165) is 49.6 Å². The second-order valence-corrected chi connectivity index (χ2v) is 6.21. The van der Waals surface area contributed by atoms with Crippen molar-refractivity contribution in [3.05, 3.63) is 23.3 Å². The van der Waals surface area contributed by atoms with Gasteiger partial charge in [0.25, 0.3) is 0 Å². The molecule has 3 rings (SSSR count). The molecule has 2 fully saturated rings. The highest BCUT2D eigenvalue weighted by Gasteiger charge is 2.32. The standard InChI is InChI=1S/C16H25N3O/c1-11-2-5-13(17)16(20)15(11)14(10-12-3-4-12)19-8-6-18-7-9-19/h2,5,12,14,18,20H,3-4,6-10,17H2,1H3/t14-/m0/s1. The maximum absolute atomic E-state index is 10.4. The molecule has 1 saturated carbocycles. The van der Waals surface area contributed by atoms with Crippen LogP contribution in [-0.2, 0) is 0 Å². The average molecular weight is 275 g/mol. The lowest BCUT2D eigenvalue weighted by atomic mass is 9.93. The first-order valence-electron chi connectivity index (χ1n) is 7.69. The zero-order valence-corrected chi connectivity index (χ0v) is 12.2. The Bertz CT molecular complexity index is 479. The summed E-state index contributed by atoms with van der Waals surface area (Å²) in [7, 11) is 0. The van der Waals surface area contributed by atoms with Crippen molar-refractivity contribution in [2.75, 3.05) is 31.9 Å². The summed E-state index contributed by atoms with van der Waals surface area (Å²) < 4.78 is 0. The van der Waals surface area contributed by atoms with Crippen LogP contribution in [0.3, 0.4) is 0 Å². The molecule has 1 aliphatic heterocycles. The van der Waals surface area contributed by atoms with Gasteiger partial charge >= 0.3 is 0 Å². The van der Waals surface area contributed by atoms with Crippen LogP contribution in [0.25, 0.3) is 0 Å². The van der Waals surface area contributed by atoms with E-state index in [4.69, 9.17) is 5.73 Å². The number of hydrogen-bond donors (Lipinski definition) is 3. The van der Waals surface area contributed by atoms with Gasteiger partial charge in [0.1, 0.15) is 5.75 Å². The van der Waals surface area contributed by atoms with Crippen molar-refractivity contribution in [1.82, 2.24) is 10.2 Å². The molecule has 1 heterocycles. The van der Waals surface area contributed by atoms with Crippen molar-refractivity contribution < 1.29 is 5.11 Å². The summed E-state index contributed by atoms with van der Waals surface area (Å²) >= 11 is 0. The number of aryl methyl sites for hydroxylation is 1. The number of nitrogens with one attached hydrogen (secondary N) is 1. The SMILES string of the molecule is Cc1ccc(N)c(O)c1[C@H](CC1CC1)N1CCNCC1. The van der Waals surface area contributed by atoms with E-state index in [1.165, 1.54) is 12.8 Å². The Kier molecular flexibility index (Phi) is 3.85. The largest absolute Gasteiger partial charge is 0.505 e. The van der Waals surface area contributed by atoms with Crippen LogP contribution in [0.1, 0.15) is 36.4 Å². The van der Waals surface area contributed by atoms with E-state index in [1.54, 1.807) is 6.07 Å². The van der Waals surface area contributed by atoms with Gasteiger partial charge in [0.2, 0.25) is 0 Å². The van der Waals surface area contributed by atoms with Crippen LogP contribution in [-0.4, -0.2) is 36.2 Å². The van der Waals surface area contributed by atoms with Gasteiger partial charge in [0.15, 0.2) is 0 Å². The number of phenolic OH excluding ortho intramolecular Hbond substituents is 1. The number of rotatable bonds is 4. The molecule has 1 aromatic rings. The summed E-state index contributed by atoms with van der Waals surface area (Å²) in [5, 5.41) is 13.8. The first-order chi connectivity index (χ1) is 9.66. The Labute approximate surface area is 121 Å². The van der Waals surface area contributed by atoms with E-state index < -0.39 is 0 Å². The summed E-state index contributed by atoms with van der Waals surface area (Å²) in [6.45, 7) is 6.24. The number of benzene rings is 1. The molecule has 1 saturated heterocycles. The number of nitrogens with two attached hydrogens (primary N) is 1. The molecular formula is C16H25N3O. The molecule has 0 bridgehead atoms. The molecule has 0 spiro atoms. The fourth-order valence-corrected chi connectivity index (χ4v) is 3.26. The van der Waals surface area contributed by atoms with Crippen LogP contribution < -0.4 is 11.1 Å². The minimum absolute atomic E-state index is 0.300. The highest BCUT2D eigenvalue weighted by atomic mass is 16.3. The van der Waals surface area contributed by atoms with E-state index in [0.29, 0.717) is 17.5 Å². The van der Waals surface area contributed by atoms with Crippen molar-refractivity contribution in [3.8, 4) is 5.75 Å². The molecule has 1 aromatic carbocycles. The number of hydrogen-bond acceptors (Lipinski definition) is 4. The highest BCUT2D eigenvalue weighted by molar-refractivity contribution is 5.59. The molecular weight excluding hydrogens is 250 g/mol. The summed E-state index contributed by atoms with van der Waals surface area (Å²) in [6, 6.07) is 4.15. The lowest BCUT2D eigenvalue weighted by Crippen LogP contribution is -2.45. The molecule has 2 aliphatic rings. The van der Waals surface area contributed by atoms with Gasteiger partial charge in [-0.1, -0.05) is 18.9 Å². The van der Waals surface area contributed by atoms with E-state index in [2.05, 4.69) is 17.1 Å². The summed E-state index contributed by atoms with van der Waals surface area (Å²) in [5.74, 6) is 1.13. The van der Waals surface area contributed by atoms with Crippen LogP contribution in [0.4, 0.5) is 5.69 Å². The Balaban J connectivity index is 1.93. The number of nitrogen functional groups attached to an aromatic ring is 1. The number of phenols is 1. The van der Waals surface area contributed by atoms with Crippen LogP contribution >= 0.6 is 0 Å². The van der Waals surface area contributed by atoms with Crippen LogP contribution in [0.2, 0.25) is 0 Å². The topological polar surface area (TPSA) is 61.5 Å². The summed E-state index contributed by atoms with van der Waals surface area (Å²) in [4.78, 5) is 2.51. The van der Waals surface area contributed by atoms with E-state index in [-0.39, 0.29) is 0 Å². The van der Waals surface area contributed by atoms with Gasteiger partial charge in [-0.05, 0) is 30.9 Å². The predicted octanol–water partition coefficient (Wildman–Crippen LogP) is 2.03. The molecule has 0 amide bonds. The number of anilines is 1. The van der Waals surface area contributed by atoms with E-state index >= 15 is 0 Å². The monoisotopic (exact) mass is 275 g/mol. The first kappa shape index (κ1) is 13.7. The third kappa shape index (κ3) is 2.76. The van der Waals surface area contributed by atoms with Crippen molar-refractivity contribution in [1.29, 1.82) is 0 Å². The molecule has 1 aliphatic carbocycles. The van der Waals surface area contributed by atoms with Gasteiger partial charge in [-0.2, -0.15) is 0 Å². The van der Waals surface area contributed by atoms with Crippen LogP contribution in [0.15, 0.2) is 12.1 Å². The van der Waals surface area contributed by atoms with Crippen molar-refractivity contribution in [3.63, 3.8) is 0 Å². The second-order valence-electron chi connectivity index (χ2n) is 6.21. The quantitative estimate of drug-likeness (QED) is 0.581. The highest BCUT2D eigenvalue weighted by Crippen LogP contribution is 2.44. The second kappa shape index (κ2) is 5.62. The fraction of sp³-hybridized carbons (Fsp3) is 0.625. The maximum atomic E-state index is 10.4. The molecule has 20 heavy (non-hydrogen) atoms. The molecule has 0 unspecified atom stereocenters. The van der Waals surface area contributed by atoms with Crippen LogP contribution in [0.5, 0.6) is 5.75 Å². The van der Waals surface area contributed by atoms with Gasteiger partial charge in [0, 0.05) is 37.8 Å². The third-order valence-corrected chi connectivity index (χ3v) is 4.65. The Morgan fingerprint density at radius 2 is 2.05 bits per heavy atom. The predicted molar refractivity (Wildman–Crippen MR) is 81.8 cm³/mol. The van der Waals surface area contributed by atoms with Gasteiger partial charge in [-0.15, -0.1) is 0 Å². The third-order valence-electron chi connectivity index (χ3n) is 4.65. The van der Waals surface area contributed by atoms with E-state index in [1.807, 2.05) is 6.07 Å². The zero-order chi connectivity index (χ0) is 14.1. The number of piperazine rings is 1. The molecule has 0 radical (unpaired) electrons. The lowest BCUT2D eigenvalue weighted by molar-refractivity contribution is 0.157. The molecule has 1 atom stereocenters. The maximum Gasteiger partial charge on any atom is 0.143 e. The molecule has 110 valence electrons. The molecule has 4 nitrogen and oxygen atoms in total. The lowest BCUT2D eigenvalue weighted by Gasteiger charge is -2.36. The van der Waals surface area contributed by atoms with Gasteiger partial charge < -0.3 is 16.2 Å². The molecule has 4 heteroatoms. The number of nitrogens with zero attached hydrogens (tertiary/aromatic N) is 1.